The summed E-state index contributed by atoms with van der Waals surface area (Å²) in [7, 11) is 0. The maximum absolute atomic E-state index is 13.9. The number of aliphatic hydroxyl groups excluding tert-OH is 1. The second-order valence-electron chi connectivity index (χ2n) is 5.62. The Bertz CT molecular complexity index is 630. The molecule has 1 aromatic heterocycles. The molecule has 0 aromatic carbocycles. The van der Waals surface area contributed by atoms with E-state index in [1.165, 1.54) is 6.92 Å². The summed E-state index contributed by atoms with van der Waals surface area (Å²) in [6.07, 6.45) is -24.8. The van der Waals surface area contributed by atoms with Gasteiger partial charge < -0.3 is 9.84 Å². The summed E-state index contributed by atoms with van der Waals surface area (Å²) in [5.74, 6) is -1.73. The summed E-state index contributed by atoms with van der Waals surface area (Å²) in [4.78, 5) is 5.89. The van der Waals surface area contributed by atoms with Crippen molar-refractivity contribution in [2.24, 2.45) is 0 Å². The lowest BCUT2D eigenvalue weighted by molar-refractivity contribution is -0.366. The van der Waals surface area contributed by atoms with Gasteiger partial charge in [0.1, 0.15) is 12.2 Å². The van der Waals surface area contributed by atoms with Crippen LogP contribution in [0.2, 0.25) is 0 Å². The monoisotopic (exact) mass is 432 g/mol. The van der Waals surface area contributed by atoms with Gasteiger partial charge in [-0.3, -0.25) is 0 Å². The quantitative estimate of drug-likeness (QED) is 0.643. The Morgan fingerprint density at radius 3 is 1.96 bits per heavy atom. The Labute approximate surface area is 151 Å². The van der Waals surface area contributed by atoms with E-state index in [1.54, 1.807) is 0 Å². The third-order valence-corrected chi connectivity index (χ3v) is 3.51. The zero-order valence-corrected chi connectivity index (χ0v) is 14.0. The summed E-state index contributed by atoms with van der Waals surface area (Å²) in [6.45, 7) is 1.17. The molecule has 0 radical (unpaired) electrons. The maximum atomic E-state index is 13.9. The molecule has 1 rings (SSSR count). The smallest absolute Gasteiger partial charge is 0.389 e. The highest BCUT2D eigenvalue weighted by Crippen LogP contribution is 2.50. The molecule has 2 unspecified atom stereocenters. The summed E-state index contributed by atoms with van der Waals surface area (Å²) in [6, 6.07) is 0.739. The fourth-order valence-electron chi connectivity index (χ4n) is 2.13. The maximum Gasteiger partial charge on any atom is 0.451 e. The molecular weight excluding hydrogens is 418 g/mol. The van der Waals surface area contributed by atoms with Crippen LogP contribution in [-0.4, -0.2) is 45.8 Å². The van der Waals surface area contributed by atoms with E-state index in [4.69, 9.17) is 4.74 Å². The van der Waals surface area contributed by atoms with E-state index < -0.39 is 54.3 Å². The van der Waals surface area contributed by atoms with Gasteiger partial charge in [-0.25, -0.2) is 14.4 Å². The van der Waals surface area contributed by atoms with Crippen LogP contribution < -0.4 is 0 Å². The molecule has 28 heavy (non-hydrogen) atoms. The Hall–Kier alpha value is -1.70. The highest BCUT2D eigenvalue weighted by Gasteiger charge is 2.76. The van der Waals surface area contributed by atoms with Gasteiger partial charge in [-0.15, -0.1) is 0 Å². The van der Waals surface area contributed by atoms with Gasteiger partial charge in [0.05, 0.1) is 5.69 Å². The first kappa shape index (κ1) is 24.3. The van der Waals surface area contributed by atoms with Crippen LogP contribution in [0.25, 0.3) is 0 Å². The molecule has 0 amide bonds. The van der Waals surface area contributed by atoms with Gasteiger partial charge in [-0.2, -0.15) is 39.5 Å². The van der Waals surface area contributed by atoms with Gasteiger partial charge in [0, 0.05) is 19.2 Å². The second kappa shape index (κ2) is 8.35. The third-order valence-electron chi connectivity index (χ3n) is 3.51. The molecular formula is C14H14F10N2O2. The molecule has 1 heterocycles. The van der Waals surface area contributed by atoms with Crippen LogP contribution in [0.1, 0.15) is 37.4 Å². The van der Waals surface area contributed by atoms with Crippen molar-refractivity contribution >= 4 is 0 Å². The molecule has 4 nitrogen and oxygen atoms in total. The number of aliphatic hydroxyl groups is 1. The van der Waals surface area contributed by atoms with E-state index >= 15 is 0 Å². The third kappa shape index (κ3) is 5.21. The first-order valence-corrected chi connectivity index (χ1v) is 7.57. The van der Waals surface area contributed by atoms with Crippen molar-refractivity contribution in [2.45, 2.75) is 56.2 Å². The van der Waals surface area contributed by atoms with E-state index in [2.05, 4.69) is 9.97 Å². The molecule has 0 aliphatic rings. The summed E-state index contributed by atoms with van der Waals surface area (Å²) < 4.78 is 133. The predicted octanol–water partition coefficient (Wildman–Crippen LogP) is 4.55. The summed E-state index contributed by atoms with van der Waals surface area (Å²) in [5, 5.41) is 9.44. The second-order valence-corrected chi connectivity index (χ2v) is 5.62. The van der Waals surface area contributed by atoms with Crippen molar-refractivity contribution in [1.29, 1.82) is 0 Å². The molecule has 1 N–H and O–H groups in total. The van der Waals surface area contributed by atoms with E-state index in [0.717, 1.165) is 6.07 Å². The topological polar surface area (TPSA) is 55.2 Å². The molecule has 0 aliphatic heterocycles. The Kier molecular flexibility index (Phi) is 7.26. The lowest BCUT2D eigenvalue weighted by atomic mass is 9.91. The average molecular weight is 432 g/mol. The fourth-order valence-corrected chi connectivity index (χ4v) is 2.13. The van der Waals surface area contributed by atoms with Crippen LogP contribution in [0.4, 0.5) is 43.9 Å². The lowest BCUT2D eigenvalue weighted by Crippen LogP contribution is -2.61. The molecule has 2 atom stereocenters. The number of rotatable bonds is 7. The van der Waals surface area contributed by atoms with Crippen LogP contribution in [0, 0.1) is 0 Å². The van der Waals surface area contributed by atoms with Crippen LogP contribution in [-0.2, 0) is 10.9 Å². The molecule has 162 valence electrons. The van der Waals surface area contributed by atoms with E-state index in [0.29, 0.717) is 6.20 Å². The molecule has 0 aliphatic carbocycles. The zero-order valence-electron chi connectivity index (χ0n) is 14.0. The number of ether oxygens (including phenoxy) is 1. The molecule has 0 saturated heterocycles. The fraction of sp³-hybridized carbons (Fsp3) is 0.714. The van der Waals surface area contributed by atoms with Crippen molar-refractivity contribution in [3.8, 4) is 0 Å². The van der Waals surface area contributed by atoms with Crippen LogP contribution in [0.3, 0.4) is 0 Å². The molecule has 0 fully saturated rings. The zero-order chi connectivity index (χ0) is 22.0. The van der Waals surface area contributed by atoms with Gasteiger partial charge in [0.15, 0.2) is 0 Å². The van der Waals surface area contributed by atoms with E-state index in [1.807, 2.05) is 0 Å². The predicted molar refractivity (Wildman–Crippen MR) is 72.6 cm³/mol. The normalized spacial score (nSPS) is 16.1. The van der Waals surface area contributed by atoms with Crippen molar-refractivity contribution in [1.82, 2.24) is 9.97 Å². The lowest BCUT2D eigenvalue weighted by Gasteiger charge is -2.35. The molecule has 0 saturated carbocycles. The number of hydrogen-bond acceptors (Lipinski definition) is 4. The minimum absolute atomic E-state index is 0.170. The molecule has 1 aromatic rings. The van der Waals surface area contributed by atoms with Crippen molar-refractivity contribution in [3.63, 3.8) is 0 Å². The van der Waals surface area contributed by atoms with Gasteiger partial charge >= 0.3 is 24.2 Å². The summed E-state index contributed by atoms with van der Waals surface area (Å²) >= 11 is 0. The average Bonchev–Trinajstić information content (AvgIpc) is 2.54. The van der Waals surface area contributed by atoms with Gasteiger partial charge in [0.2, 0.25) is 5.82 Å². The van der Waals surface area contributed by atoms with E-state index in [9.17, 15) is 49.0 Å². The first-order chi connectivity index (χ1) is 12.6. The van der Waals surface area contributed by atoms with Crippen LogP contribution >= 0.6 is 0 Å². The molecule has 0 spiro atoms. The Morgan fingerprint density at radius 1 is 1.00 bits per heavy atom. The van der Waals surface area contributed by atoms with Gasteiger partial charge in [-0.1, -0.05) is 6.92 Å². The Morgan fingerprint density at radius 2 is 1.54 bits per heavy atom. The van der Waals surface area contributed by atoms with Crippen molar-refractivity contribution in [3.05, 3.63) is 23.8 Å². The highest BCUT2D eigenvalue weighted by atomic mass is 19.4. The standard InChI is InChI=1S/C14H14F10N2O2/c1-2-5-28-8(7-3-4-25-10(26-7)12(16,17)18)6-9(27)11(15,13(19,20)21)14(22,23)24/h3-4,8-9,27H,2,5-6H2,1H3. The SMILES string of the molecule is CCCOC(CC(O)C(F)(C(F)(F)F)C(F)(F)F)c1ccnc(C(F)(F)F)n1. The summed E-state index contributed by atoms with van der Waals surface area (Å²) in [5.41, 5.74) is -6.78. The van der Waals surface area contributed by atoms with Gasteiger partial charge in [0.25, 0.3) is 0 Å². The number of halogens is 10. The number of nitrogens with zero attached hydrogens (tertiary/aromatic N) is 2. The van der Waals surface area contributed by atoms with Crippen molar-refractivity contribution < 1.29 is 53.7 Å². The first-order valence-electron chi connectivity index (χ1n) is 7.57. The minimum Gasteiger partial charge on any atom is -0.389 e. The number of hydrogen-bond donors (Lipinski definition) is 1. The van der Waals surface area contributed by atoms with Gasteiger partial charge in [-0.05, 0) is 12.5 Å². The van der Waals surface area contributed by atoms with Crippen molar-refractivity contribution in [2.75, 3.05) is 6.61 Å². The molecule has 14 heteroatoms. The largest absolute Gasteiger partial charge is 0.451 e. The van der Waals surface area contributed by atoms with Crippen LogP contribution in [0.15, 0.2) is 12.3 Å². The van der Waals surface area contributed by atoms with E-state index in [-0.39, 0.29) is 13.0 Å². The number of aromatic nitrogens is 2. The number of alkyl halides is 10. The Balaban J connectivity index is 3.29. The molecule has 0 bridgehead atoms. The minimum atomic E-state index is -6.54. The highest BCUT2D eigenvalue weighted by molar-refractivity contribution is 5.10. The van der Waals surface area contributed by atoms with Crippen LogP contribution in [0.5, 0.6) is 0 Å².